The fourth-order valence-corrected chi connectivity index (χ4v) is 5.52. The molecule has 27 heavy (non-hydrogen) atoms. The van der Waals surface area contributed by atoms with E-state index in [1.165, 1.54) is 60.5 Å². The Morgan fingerprint density at radius 2 is 1.00 bits per heavy atom. The van der Waals surface area contributed by atoms with Gasteiger partial charge in [0.15, 0.2) is 0 Å². The molecule has 0 nitrogen and oxygen atoms in total. The Morgan fingerprint density at radius 3 is 1.85 bits per heavy atom. The highest BCUT2D eigenvalue weighted by molar-refractivity contribution is 6.20. The highest BCUT2D eigenvalue weighted by Crippen LogP contribution is 2.60. The van der Waals surface area contributed by atoms with E-state index < -0.39 is 0 Å². The third-order valence-corrected chi connectivity index (χ3v) is 6.48. The molecule has 0 amide bonds. The molecule has 0 heterocycles. The summed E-state index contributed by atoms with van der Waals surface area (Å²) in [5, 5.41) is 5.51. The number of hydrogen-bond acceptors (Lipinski definition) is 0. The molecule has 7 rings (SSSR count). The van der Waals surface area contributed by atoms with Gasteiger partial charge in [-0.3, -0.25) is 0 Å². The SMILES string of the molecule is c1ccc2c(c1)-c1cccc3c1-c1c(c4ccccc4c4ccccc14)C23. The van der Waals surface area contributed by atoms with E-state index >= 15 is 0 Å². The average Bonchev–Trinajstić information content (AvgIpc) is 3.02. The number of rotatable bonds is 0. The van der Waals surface area contributed by atoms with Gasteiger partial charge >= 0.3 is 0 Å². The summed E-state index contributed by atoms with van der Waals surface area (Å²) in [6, 6.07) is 33.7. The van der Waals surface area contributed by atoms with Gasteiger partial charge in [0.05, 0.1) is 0 Å². The van der Waals surface area contributed by atoms with Crippen molar-refractivity contribution in [2.24, 2.45) is 0 Å². The summed E-state index contributed by atoms with van der Waals surface area (Å²) in [4.78, 5) is 0. The molecule has 4 bridgehead atoms. The Hall–Kier alpha value is -3.38. The maximum Gasteiger partial charge on any atom is 0.0365 e. The summed E-state index contributed by atoms with van der Waals surface area (Å²) >= 11 is 0. The van der Waals surface area contributed by atoms with E-state index in [1.54, 1.807) is 0 Å². The summed E-state index contributed by atoms with van der Waals surface area (Å²) in [5.74, 6) is 0.342. The molecule has 0 saturated carbocycles. The van der Waals surface area contributed by atoms with E-state index in [-0.39, 0.29) is 0 Å². The van der Waals surface area contributed by atoms with Crippen molar-refractivity contribution in [1.29, 1.82) is 0 Å². The molecule has 0 N–H and O–H groups in total. The molecule has 0 saturated heterocycles. The average molecular weight is 340 g/mol. The predicted octanol–water partition coefficient (Wildman–Crippen LogP) is 7.13. The standard InChI is InChI=1S/C27H16/c1-5-12-21-16(8-1)17-9-2-6-13-22(17)27-25-20-14-7-15-23(25)24(26(21)27)19-11-4-3-10-18(19)20/h1-15,24H. The van der Waals surface area contributed by atoms with Gasteiger partial charge in [0.2, 0.25) is 0 Å². The van der Waals surface area contributed by atoms with Gasteiger partial charge < -0.3 is 0 Å². The van der Waals surface area contributed by atoms with E-state index in [2.05, 4.69) is 91.0 Å². The first kappa shape index (κ1) is 13.8. The van der Waals surface area contributed by atoms with Gasteiger partial charge in [-0.25, -0.2) is 0 Å². The van der Waals surface area contributed by atoms with Crippen LogP contribution < -0.4 is 0 Å². The normalized spacial score (nSPS) is 15.8. The molecular weight excluding hydrogens is 324 g/mol. The van der Waals surface area contributed by atoms with Crippen LogP contribution >= 0.6 is 0 Å². The Labute approximate surface area is 157 Å². The highest BCUT2D eigenvalue weighted by Gasteiger charge is 2.39. The third-order valence-electron chi connectivity index (χ3n) is 6.48. The lowest BCUT2D eigenvalue weighted by atomic mass is 9.79. The molecule has 5 aromatic rings. The van der Waals surface area contributed by atoms with Crippen LogP contribution in [0.2, 0.25) is 0 Å². The van der Waals surface area contributed by atoms with Crippen molar-refractivity contribution < 1.29 is 0 Å². The van der Waals surface area contributed by atoms with Crippen molar-refractivity contribution in [3.05, 3.63) is 108 Å². The lowest BCUT2D eigenvalue weighted by Crippen LogP contribution is -2.05. The smallest absolute Gasteiger partial charge is 0.0365 e. The Kier molecular flexibility index (Phi) is 2.38. The second kappa shape index (κ2) is 4.66. The fraction of sp³-hybridized carbons (Fsp3) is 0.0370. The van der Waals surface area contributed by atoms with Crippen LogP contribution in [0.25, 0.3) is 43.8 Å². The van der Waals surface area contributed by atoms with Gasteiger partial charge in [0, 0.05) is 5.92 Å². The van der Waals surface area contributed by atoms with Crippen molar-refractivity contribution >= 4 is 21.5 Å². The van der Waals surface area contributed by atoms with Crippen LogP contribution in [0, 0.1) is 0 Å². The molecule has 0 aromatic heterocycles. The van der Waals surface area contributed by atoms with E-state index in [4.69, 9.17) is 0 Å². The van der Waals surface area contributed by atoms with Crippen LogP contribution in [-0.2, 0) is 0 Å². The fourth-order valence-electron chi connectivity index (χ4n) is 5.52. The first-order valence-electron chi connectivity index (χ1n) is 9.59. The molecule has 0 radical (unpaired) electrons. The van der Waals surface area contributed by atoms with Crippen molar-refractivity contribution in [3.8, 4) is 22.3 Å². The van der Waals surface area contributed by atoms with Crippen LogP contribution in [0.1, 0.15) is 22.6 Å². The van der Waals surface area contributed by atoms with Crippen molar-refractivity contribution in [1.82, 2.24) is 0 Å². The number of hydrogen-bond donors (Lipinski definition) is 0. The van der Waals surface area contributed by atoms with Gasteiger partial charge in [-0.2, -0.15) is 0 Å². The predicted molar refractivity (Wildman–Crippen MR) is 113 cm³/mol. The molecule has 2 aliphatic carbocycles. The summed E-state index contributed by atoms with van der Waals surface area (Å²) in [6.07, 6.45) is 0. The molecule has 1 unspecified atom stereocenters. The summed E-state index contributed by atoms with van der Waals surface area (Å²) in [5.41, 5.74) is 10.1. The van der Waals surface area contributed by atoms with E-state index in [1.807, 2.05) is 0 Å². The second-order valence-electron chi connectivity index (χ2n) is 7.67. The zero-order chi connectivity index (χ0) is 17.5. The minimum Gasteiger partial charge on any atom is -0.0619 e. The third kappa shape index (κ3) is 1.52. The first-order valence-corrected chi connectivity index (χ1v) is 9.59. The van der Waals surface area contributed by atoms with Gasteiger partial charge in [0.1, 0.15) is 0 Å². The first-order chi connectivity index (χ1) is 13.4. The summed E-state index contributed by atoms with van der Waals surface area (Å²) in [7, 11) is 0. The zero-order valence-electron chi connectivity index (χ0n) is 14.7. The van der Waals surface area contributed by atoms with Crippen molar-refractivity contribution in [3.63, 3.8) is 0 Å². The largest absolute Gasteiger partial charge is 0.0619 e. The molecule has 0 fully saturated rings. The zero-order valence-corrected chi connectivity index (χ0v) is 14.7. The monoisotopic (exact) mass is 340 g/mol. The van der Waals surface area contributed by atoms with Gasteiger partial charge in [-0.1, -0.05) is 91.0 Å². The number of benzene rings is 5. The second-order valence-corrected chi connectivity index (χ2v) is 7.67. The van der Waals surface area contributed by atoms with Crippen LogP contribution in [0.3, 0.4) is 0 Å². The summed E-state index contributed by atoms with van der Waals surface area (Å²) in [6.45, 7) is 0. The molecule has 2 aliphatic rings. The van der Waals surface area contributed by atoms with Gasteiger partial charge in [0.25, 0.3) is 0 Å². The van der Waals surface area contributed by atoms with Gasteiger partial charge in [-0.15, -0.1) is 0 Å². The van der Waals surface area contributed by atoms with E-state index in [0.717, 1.165) is 0 Å². The quantitative estimate of drug-likeness (QED) is 0.257. The van der Waals surface area contributed by atoms with Crippen LogP contribution in [0.5, 0.6) is 0 Å². The Balaban J connectivity index is 1.81. The van der Waals surface area contributed by atoms with Crippen molar-refractivity contribution in [2.75, 3.05) is 0 Å². The van der Waals surface area contributed by atoms with Crippen LogP contribution in [0.15, 0.2) is 91.0 Å². The van der Waals surface area contributed by atoms with Gasteiger partial charge in [-0.05, 0) is 60.5 Å². The van der Waals surface area contributed by atoms with Crippen LogP contribution in [0.4, 0.5) is 0 Å². The maximum atomic E-state index is 2.34. The lowest BCUT2D eigenvalue weighted by molar-refractivity contribution is 1.02. The lowest BCUT2D eigenvalue weighted by Gasteiger charge is -2.24. The maximum absolute atomic E-state index is 2.34. The van der Waals surface area contributed by atoms with E-state index in [0.29, 0.717) is 5.92 Å². The summed E-state index contributed by atoms with van der Waals surface area (Å²) < 4.78 is 0. The molecule has 5 aromatic carbocycles. The Bertz CT molecular complexity index is 1420. The molecular formula is C27H16. The minimum atomic E-state index is 0.342. The molecule has 0 spiro atoms. The van der Waals surface area contributed by atoms with Crippen molar-refractivity contribution in [2.45, 2.75) is 5.92 Å². The Morgan fingerprint density at radius 1 is 0.407 bits per heavy atom. The van der Waals surface area contributed by atoms with E-state index in [9.17, 15) is 0 Å². The molecule has 1 atom stereocenters. The van der Waals surface area contributed by atoms with Crippen LogP contribution in [-0.4, -0.2) is 0 Å². The molecule has 124 valence electrons. The highest BCUT2D eigenvalue weighted by atomic mass is 14.4. The molecule has 0 heteroatoms. The molecule has 0 aliphatic heterocycles. The minimum absolute atomic E-state index is 0.342. The topological polar surface area (TPSA) is 0 Å². The number of fused-ring (bicyclic) bond motifs is 10.